The van der Waals surface area contributed by atoms with E-state index in [4.69, 9.17) is 5.11 Å². The minimum Gasteiger partial charge on any atom is -0.477 e. The molecule has 0 aromatic carbocycles. The molecule has 2 heterocycles. The Morgan fingerprint density at radius 3 is 2.45 bits per heavy atom. The van der Waals surface area contributed by atoms with Crippen LogP contribution >= 0.6 is 11.3 Å². The van der Waals surface area contributed by atoms with Crippen molar-refractivity contribution in [1.82, 2.24) is 0 Å². The van der Waals surface area contributed by atoms with E-state index in [1.165, 1.54) is 0 Å². The van der Waals surface area contributed by atoms with E-state index in [0.717, 1.165) is 16.2 Å². The number of rotatable bonds is 3. The number of hydrogen-bond donors (Lipinski definition) is 1. The second kappa shape index (κ2) is 4.70. The van der Waals surface area contributed by atoms with Crippen molar-refractivity contribution in [2.24, 2.45) is 11.3 Å². The van der Waals surface area contributed by atoms with Gasteiger partial charge in [0.05, 0.1) is 5.41 Å². The highest BCUT2D eigenvalue weighted by Gasteiger charge is 2.51. The van der Waals surface area contributed by atoms with Crippen molar-refractivity contribution in [1.29, 1.82) is 0 Å². The molecule has 1 unspecified atom stereocenters. The first-order valence-corrected chi connectivity index (χ1v) is 7.21. The largest absolute Gasteiger partial charge is 0.477 e. The summed E-state index contributed by atoms with van der Waals surface area (Å²) in [6.45, 7) is 7.28. The maximum atomic E-state index is 12.5. The van der Waals surface area contributed by atoms with Crippen molar-refractivity contribution in [3.05, 3.63) is 16.5 Å². The Labute approximate surface area is 121 Å². The maximum absolute atomic E-state index is 12.5. The number of carboxylic acid groups (broad SMARTS) is 1. The summed E-state index contributed by atoms with van der Waals surface area (Å²) < 4.78 is 0. The van der Waals surface area contributed by atoms with Gasteiger partial charge in [-0.3, -0.25) is 9.59 Å². The number of hydrogen-bond acceptors (Lipinski definition) is 4. The lowest BCUT2D eigenvalue weighted by molar-refractivity contribution is -0.126. The van der Waals surface area contributed by atoms with Gasteiger partial charge in [-0.2, -0.15) is 0 Å². The predicted molar refractivity (Wildman–Crippen MR) is 76.1 cm³/mol. The van der Waals surface area contributed by atoms with Crippen molar-refractivity contribution >= 4 is 34.1 Å². The van der Waals surface area contributed by atoms with Crippen LogP contribution < -0.4 is 4.90 Å². The topological polar surface area (TPSA) is 74.7 Å². The minimum atomic E-state index is -1.04. The molecule has 0 saturated carbocycles. The Hall–Kier alpha value is -1.69. The van der Waals surface area contributed by atoms with Crippen LogP contribution in [0.15, 0.2) is 6.07 Å². The first-order valence-electron chi connectivity index (χ1n) is 6.39. The van der Waals surface area contributed by atoms with Crippen LogP contribution in [0.3, 0.4) is 0 Å². The molecule has 0 aliphatic carbocycles. The Balaban J connectivity index is 2.44. The smallest absolute Gasteiger partial charge is 0.346 e. The molecule has 1 N–H and O–H groups in total. The van der Waals surface area contributed by atoms with Crippen LogP contribution in [0.25, 0.3) is 0 Å². The standard InChI is InChI=1S/C14H17NO4S/c1-7(2)14(4)6-9(16)15(13(14)19)10-5-8(3)11(20-10)12(17)18/h5,7H,6H2,1-4H3,(H,17,18). The van der Waals surface area contributed by atoms with Gasteiger partial charge in [-0.1, -0.05) is 13.8 Å². The second-order valence-electron chi connectivity index (χ2n) is 5.69. The molecule has 1 saturated heterocycles. The predicted octanol–water partition coefficient (Wildman–Crippen LogP) is 2.68. The molecule has 1 aliphatic heterocycles. The average Bonchev–Trinajstić information content (AvgIpc) is 2.79. The summed E-state index contributed by atoms with van der Waals surface area (Å²) in [5, 5.41) is 9.47. The lowest BCUT2D eigenvalue weighted by Crippen LogP contribution is -2.36. The van der Waals surface area contributed by atoms with Gasteiger partial charge in [0.2, 0.25) is 11.8 Å². The van der Waals surface area contributed by atoms with Gasteiger partial charge in [0.25, 0.3) is 0 Å². The highest BCUT2D eigenvalue weighted by Crippen LogP contribution is 2.43. The third-order valence-electron chi connectivity index (χ3n) is 4.05. The van der Waals surface area contributed by atoms with E-state index >= 15 is 0 Å². The quantitative estimate of drug-likeness (QED) is 0.870. The molecular formula is C14H17NO4S. The molecule has 0 spiro atoms. The number of thiophene rings is 1. The van der Waals surface area contributed by atoms with Gasteiger partial charge >= 0.3 is 5.97 Å². The molecule has 1 atom stereocenters. The number of carbonyl (C=O) groups is 3. The minimum absolute atomic E-state index is 0.0453. The van der Waals surface area contributed by atoms with Gasteiger partial charge in [-0.25, -0.2) is 9.69 Å². The molecule has 20 heavy (non-hydrogen) atoms. The fourth-order valence-corrected chi connectivity index (χ4v) is 3.33. The summed E-state index contributed by atoms with van der Waals surface area (Å²) in [5.41, 5.74) is -0.144. The van der Waals surface area contributed by atoms with Crippen molar-refractivity contribution in [2.45, 2.75) is 34.1 Å². The lowest BCUT2D eigenvalue weighted by Gasteiger charge is -2.25. The molecule has 1 aromatic rings. The van der Waals surface area contributed by atoms with E-state index in [2.05, 4.69) is 0 Å². The van der Waals surface area contributed by atoms with Crippen LogP contribution in [-0.4, -0.2) is 22.9 Å². The van der Waals surface area contributed by atoms with Crippen LogP contribution in [-0.2, 0) is 9.59 Å². The molecule has 1 aromatic heterocycles. The number of nitrogens with zero attached hydrogens (tertiary/aromatic N) is 1. The van der Waals surface area contributed by atoms with Gasteiger partial charge in [0.1, 0.15) is 9.88 Å². The highest BCUT2D eigenvalue weighted by molar-refractivity contribution is 7.18. The molecule has 108 valence electrons. The van der Waals surface area contributed by atoms with E-state index in [0.29, 0.717) is 10.6 Å². The zero-order valence-corrected chi connectivity index (χ0v) is 12.7. The molecule has 1 aliphatic rings. The number of anilines is 1. The van der Waals surface area contributed by atoms with Gasteiger partial charge < -0.3 is 5.11 Å². The summed E-state index contributed by atoms with van der Waals surface area (Å²) in [6, 6.07) is 1.59. The fourth-order valence-electron chi connectivity index (χ4n) is 2.30. The molecule has 5 nitrogen and oxygen atoms in total. The Morgan fingerprint density at radius 1 is 1.45 bits per heavy atom. The van der Waals surface area contributed by atoms with Gasteiger partial charge in [-0.15, -0.1) is 11.3 Å². The first kappa shape index (κ1) is 14.7. The number of imide groups is 1. The summed E-state index contributed by atoms with van der Waals surface area (Å²) >= 11 is 0.970. The van der Waals surface area contributed by atoms with Crippen LogP contribution in [0, 0.1) is 18.3 Å². The van der Waals surface area contributed by atoms with Crippen LogP contribution in [0.5, 0.6) is 0 Å². The number of aryl methyl sites for hydroxylation is 1. The Bertz CT molecular complexity index is 604. The first-order chi connectivity index (χ1) is 9.18. The summed E-state index contributed by atoms with van der Waals surface area (Å²) in [5.74, 6) is -1.49. The molecule has 0 radical (unpaired) electrons. The monoisotopic (exact) mass is 295 g/mol. The molecule has 2 amide bonds. The van der Waals surface area contributed by atoms with Gasteiger partial charge in [0.15, 0.2) is 0 Å². The van der Waals surface area contributed by atoms with E-state index in [9.17, 15) is 14.4 Å². The van der Waals surface area contributed by atoms with E-state index < -0.39 is 11.4 Å². The number of aromatic carboxylic acids is 1. The average molecular weight is 295 g/mol. The van der Waals surface area contributed by atoms with E-state index in [1.54, 1.807) is 19.9 Å². The van der Waals surface area contributed by atoms with Crippen molar-refractivity contribution in [2.75, 3.05) is 4.90 Å². The Kier molecular flexibility index (Phi) is 3.46. The highest BCUT2D eigenvalue weighted by atomic mass is 32.1. The zero-order valence-electron chi connectivity index (χ0n) is 11.9. The molecule has 1 fully saturated rings. The van der Waals surface area contributed by atoms with Crippen molar-refractivity contribution < 1.29 is 19.5 Å². The number of amides is 2. The normalized spacial score (nSPS) is 22.9. The lowest BCUT2D eigenvalue weighted by atomic mass is 9.78. The SMILES string of the molecule is Cc1cc(N2C(=O)CC(C)(C(C)C)C2=O)sc1C(=O)O. The molecule has 0 bridgehead atoms. The third kappa shape index (κ3) is 2.04. The molecular weight excluding hydrogens is 278 g/mol. The zero-order chi connectivity index (χ0) is 15.2. The second-order valence-corrected chi connectivity index (χ2v) is 6.72. The van der Waals surface area contributed by atoms with Crippen molar-refractivity contribution in [3.8, 4) is 0 Å². The third-order valence-corrected chi connectivity index (χ3v) is 5.26. The van der Waals surface area contributed by atoms with Gasteiger partial charge in [-0.05, 0) is 31.4 Å². The fraction of sp³-hybridized carbons (Fsp3) is 0.500. The van der Waals surface area contributed by atoms with Crippen LogP contribution in [0.4, 0.5) is 5.00 Å². The Morgan fingerprint density at radius 2 is 2.05 bits per heavy atom. The van der Waals surface area contributed by atoms with Crippen molar-refractivity contribution in [3.63, 3.8) is 0 Å². The molecule has 2 rings (SSSR count). The maximum Gasteiger partial charge on any atom is 0.346 e. The van der Waals surface area contributed by atoms with Gasteiger partial charge in [0, 0.05) is 6.42 Å². The van der Waals surface area contributed by atoms with Crippen LogP contribution in [0.2, 0.25) is 0 Å². The summed E-state index contributed by atoms with van der Waals surface area (Å²) in [4.78, 5) is 37.1. The van der Waals surface area contributed by atoms with E-state index in [-0.39, 0.29) is 29.0 Å². The van der Waals surface area contributed by atoms with Crippen LogP contribution in [0.1, 0.15) is 42.4 Å². The molecule has 6 heteroatoms. The summed E-state index contributed by atoms with van der Waals surface area (Å²) in [6.07, 6.45) is 0.169. The van der Waals surface area contributed by atoms with E-state index in [1.807, 2.05) is 13.8 Å². The number of carbonyl (C=O) groups excluding carboxylic acids is 2. The number of carboxylic acids is 1. The summed E-state index contributed by atoms with van der Waals surface area (Å²) in [7, 11) is 0.